The van der Waals surface area contributed by atoms with Crippen molar-refractivity contribution in [1.29, 1.82) is 0 Å². The van der Waals surface area contributed by atoms with Crippen molar-refractivity contribution in [2.75, 3.05) is 23.8 Å². The smallest absolute Gasteiger partial charge is 0.220 e. The number of aliphatic hydroxyl groups is 1. The van der Waals surface area contributed by atoms with E-state index in [2.05, 4.69) is 24.8 Å². The van der Waals surface area contributed by atoms with E-state index in [9.17, 15) is 5.11 Å². The summed E-state index contributed by atoms with van der Waals surface area (Å²) in [6, 6.07) is 3.99. The largest absolute Gasteiger partial charge is 0.394 e. The first kappa shape index (κ1) is 14.0. The highest BCUT2D eigenvalue weighted by molar-refractivity contribution is 6.02. The molecule has 4 heterocycles. The molecule has 118 valence electrons. The number of aromatic nitrogens is 4. The van der Waals surface area contributed by atoms with Crippen LogP contribution in [0.3, 0.4) is 0 Å². The Morgan fingerprint density at radius 3 is 3.00 bits per heavy atom. The lowest BCUT2D eigenvalue weighted by Gasteiger charge is -2.26. The molecule has 3 aromatic rings. The summed E-state index contributed by atoms with van der Waals surface area (Å²) in [5, 5.41) is 10.6. The van der Waals surface area contributed by atoms with Gasteiger partial charge < -0.3 is 20.7 Å². The number of nitrogens with two attached hydrogens (primary N) is 1. The number of pyridine rings is 1. The molecule has 1 fully saturated rings. The van der Waals surface area contributed by atoms with Crippen LogP contribution in [0.5, 0.6) is 0 Å². The van der Waals surface area contributed by atoms with Crippen molar-refractivity contribution < 1.29 is 5.11 Å². The molecule has 7 nitrogen and oxygen atoms in total. The third-order valence-corrected chi connectivity index (χ3v) is 4.40. The lowest BCUT2D eigenvalue weighted by Crippen LogP contribution is -2.32. The number of nitrogens with zero attached hydrogens (tertiary/aromatic N) is 4. The fourth-order valence-corrected chi connectivity index (χ4v) is 3.35. The van der Waals surface area contributed by atoms with E-state index in [0.29, 0.717) is 0 Å². The molecule has 0 bridgehead atoms. The van der Waals surface area contributed by atoms with Gasteiger partial charge in [-0.25, -0.2) is 15.0 Å². The molecule has 1 aliphatic heterocycles. The van der Waals surface area contributed by atoms with Crippen LogP contribution in [-0.4, -0.2) is 44.2 Å². The maximum Gasteiger partial charge on any atom is 0.220 e. The molecule has 0 spiro atoms. The number of aliphatic hydroxyl groups excluding tert-OH is 1. The van der Waals surface area contributed by atoms with E-state index in [-0.39, 0.29) is 18.6 Å². The van der Waals surface area contributed by atoms with Crippen LogP contribution in [-0.2, 0) is 0 Å². The van der Waals surface area contributed by atoms with Gasteiger partial charge in [0.25, 0.3) is 0 Å². The van der Waals surface area contributed by atoms with E-state index in [4.69, 9.17) is 5.73 Å². The third kappa shape index (κ3) is 2.29. The molecule has 23 heavy (non-hydrogen) atoms. The molecular formula is C16H18N6O. The molecule has 3 aromatic heterocycles. The van der Waals surface area contributed by atoms with E-state index in [1.54, 1.807) is 12.4 Å². The Hall–Kier alpha value is -2.67. The van der Waals surface area contributed by atoms with Gasteiger partial charge in [-0.15, -0.1) is 0 Å². The highest BCUT2D eigenvalue weighted by Gasteiger charge is 2.26. The van der Waals surface area contributed by atoms with Gasteiger partial charge in [0.2, 0.25) is 5.95 Å². The van der Waals surface area contributed by atoms with E-state index in [1.807, 2.05) is 18.3 Å². The summed E-state index contributed by atoms with van der Waals surface area (Å²) in [6.45, 7) is 1.09. The monoisotopic (exact) mass is 310 g/mol. The number of hydrogen-bond acceptors (Lipinski definition) is 6. The summed E-state index contributed by atoms with van der Waals surface area (Å²) in [6.07, 6.45) is 7.42. The average Bonchev–Trinajstić information content (AvgIpc) is 3.21. The second-order valence-electron chi connectivity index (χ2n) is 5.73. The van der Waals surface area contributed by atoms with Gasteiger partial charge in [-0.2, -0.15) is 0 Å². The molecule has 0 unspecified atom stereocenters. The van der Waals surface area contributed by atoms with Crippen LogP contribution in [0.4, 0.5) is 11.6 Å². The second-order valence-corrected chi connectivity index (χ2v) is 5.73. The number of nitrogen functional groups attached to an aromatic ring is 1. The first-order valence-corrected chi connectivity index (χ1v) is 7.70. The van der Waals surface area contributed by atoms with Gasteiger partial charge in [-0.05, 0) is 25.0 Å². The van der Waals surface area contributed by atoms with E-state index in [1.165, 1.54) is 0 Å². The minimum absolute atomic E-state index is 0.152. The predicted octanol–water partition coefficient (Wildman–Crippen LogP) is 1.56. The van der Waals surface area contributed by atoms with Crippen LogP contribution in [0.2, 0.25) is 0 Å². The molecular weight excluding hydrogens is 292 g/mol. The second kappa shape index (κ2) is 5.51. The average molecular weight is 310 g/mol. The fraction of sp³-hybridized carbons (Fsp3) is 0.312. The van der Waals surface area contributed by atoms with E-state index in [0.717, 1.165) is 47.4 Å². The highest BCUT2D eigenvalue weighted by Crippen LogP contribution is 2.37. The standard InChI is InChI=1S/C16H18N6O/c17-16-19-5-3-12(21-16)11-8-20-15-14(11)13(4-6-18-15)22-7-1-2-10(22)9-23/h3-6,8,10,23H,1-2,7,9H2,(H,18,20)(H2,17,19,21)/t10-/m0/s1. The van der Waals surface area contributed by atoms with Crippen molar-refractivity contribution in [3.05, 3.63) is 30.7 Å². The minimum atomic E-state index is 0.152. The zero-order valence-corrected chi connectivity index (χ0v) is 12.6. The van der Waals surface area contributed by atoms with Gasteiger partial charge in [0.1, 0.15) is 5.65 Å². The molecule has 7 heteroatoms. The van der Waals surface area contributed by atoms with Gasteiger partial charge in [-0.3, -0.25) is 0 Å². The fourth-order valence-electron chi connectivity index (χ4n) is 3.35. The number of anilines is 2. The van der Waals surface area contributed by atoms with Crippen LogP contribution in [0.25, 0.3) is 22.3 Å². The lowest BCUT2D eigenvalue weighted by atomic mass is 10.1. The van der Waals surface area contributed by atoms with Crippen molar-refractivity contribution in [2.24, 2.45) is 0 Å². The lowest BCUT2D eigenvalue weighted by molar-refractivity contribution is 0.266. The molecule has 1 aliphatic rings. The first-order valence-electron chi connectivity index (χ1n) is 7.70. The van der Waals surface area contributed by atoms with Gasteiger partial charge in [-0.1, -0.05) is 0 Å². The van der Waals surface area contributed by atoms with Crippen LogP contribution < -0.4 is 10.6 Å². The summed E-state index contributed by atoms with van der Waals surface area (Å²) in [4.78, 5) is 18.1. The number of aromatic amines is 1. The molecule has 0 amide bonds. The zero-order chi connectivity index (χ0) is 15.8. The quantitative estimate of drug-likeness (QED) is 0.678. The predicted molar refractivity (Wildman–Crippen MR) is 89.0 cm³/mol. The Bertz CT molecular complexity index is 845. The summed E-state index contributed by atoms with van der Waals surface area (Å²) in [5.41, 5.74) is 9.30. The van der Waals surface area contributed by atoms with Crippen molar-refractivity contribution in [1.82, 2.24) is 19.9 Å². The Balaban J connectivity index is 1.91. The van der Waals surface area contributed by atoms with Crippen molar-refractivity contribution >= 4 is 22.7 Å². The Morgan fingerprint density at radius 1 is 1.30 bits per heavy atom. The topological polar surface area (TPSA) is 104 Å². The molecule has 1 atom stereocenters. The molecule has 1 saturated heterocycles. The number of hydrogen-bond donors (Lipinski definition) is 3. The number of rotatable bonds is 3. The van der Waals surface area contributed by atoms with Crippen LogP contribution in [0.15, 0.2) is 30.7 Å². The van der Waals surface area contributed by atoms with Gasteiger partial charge in [0.15, 0.2) is 0 Å². The maximum atomic E-state index is 9.64. The summed E-state index contributed by atoms with van der Waals surface area (Å²) in [5.74, 6) is 0.247. The number of nitrogens with one attached hydrogen (secondary N) is 1. The van der Waals surface area contributed by atoms with Gasteiger partial charge >= 0.3 is 0 Å². The molecule has 4 rings (SSSR count). The molecule has 0 aromatic carbocycles. The summed E-state index contributed by atoms with van der Waals surface area (Å²) < 4.78 is 0. The number of H-pyrrole nitrogens is 1. The van der Waals surface area contributed by atoms with E-state index < -0.39 is 0 Å². The van der Waals surface area contributed by atoms with Crippen molar-refractivity contribution in [3.63, 3.8) is 0 Å². The highest BCUT2D eigenvalue weighted by atomic mass is 16.3. The third-order valence-electron chi connectivity index (χ3n) is 4.40. The van der Waals surface area contributed by atoms with Crippen LogP contribution >= 0.6 is 0 Å². The zero-order valence-electron chi connectivity index (χ0n) is 12.6. The summed E-state index contributed by atoms with van der Waals surface area (Å²) >= 11 is 0. The first-order chi connectivity index (χ1) is 11.3. The SMILES string of the molecule is Nc1nccc(-c2c[nH]c3nccc(N4CCC[C@H]4CO)c23)n1. The molecule has 0 aliphatic carbocycles. The normalized spacial score (nSPS) is 18.0. The van der Waals surface area contributed by atoms with Gasteiger partial charge in [0.05, 0.1) is 29.4 Å². The molecule has 0 radical (unpaired) electrons. The van der Waals surface area contributed by atoms with Crippen LogP contribution in [0, 0.1) is 0 Å². The van der Waals surface area contributed by atoms with E-state index >= 15 is 0 Å². The summed E-state index contributed by atoms with van der Waals surface area (Å²) in [7, 11) is 0. The maximum absolute atomic E-state index is 9.64. The molecule has 4 N–H and O–H groups in total. The Labute approximate surface area is 133 Å². The van der Waals surface area contributed by atoms with Gasteiger partial charge in [0, 0.05) is 30.7 Å². The Morgan fingerprint density at radius 2 is 2.17 bits per heavy atom. The Kier molecular flexibility index (Phi) is 3.34. The minimum Gasteiger partial charge on any atom is -0.394 e. The van der Waals surface area contributed by atoms with Crippen molar-refractivity contribution in [2.45, 2.75) is 18.9 Å². The molecule has 0 saturated carbocycles. The van der Waals surface area contributed by atoms with Crippen molar-refractivity contribution in [3.8, 4) is 11.3 Å². The number of fused-ring (bicyclic) bond motifs is 1. The van der Waals surface area contributed by atoms with Crippen LogP contribution in [0.1, 0.15) is 12.8 Å².